The Morgan fingerprint density at radius 2 is 1.96 bits per heavy atom. The summed E-state index contributed by atoms with van der Waals surface area (Å²) in [5.41, 5.74) is 1.94. The van der Waals surface area contributed by atoms with Gasteiger partial charge in [0.15, 0.2) is 0 Å². The Bertz CT molecular complexity index is 737. The lowest BCUT2D eigenvalue weighted by Gasteiger charge is -2.25. The van der Waals surface area contributed by atoms with Gasteiger partial charge in [0.1, 0.15) is 5.82 Å². The van der Waals surface area contributed by atoms with E-state index in [1.54, 1.807) is 36.4 Å². The van der Waals surface area contributed by atoms with E-state index in [9.17, 15) is 9.18 Å². The molecule has 2 rings (SSSR count). The van der Waals surface area contributed by atoms with Crippen molar-refractivity contribution in [3.05, 3.63) is 65.5 Å². The van der Waals surface area contributed by atoms with Crippen molar-refractivity contribution in [2.45, 2.75) is 6.04 Å². The van der Waals surface area contributed by atoms with Gasteiger partial charge in [-0.15, -0.1) is 0 Å². The summed E-state index contributed by atoms with van der Waals surface area (Å²) in [6, 6.07) is 14.5. The van der Waals surface area contributed by atoms with E-state index in [-0.39, 0.29) is 17.9 Å². The number of halogens is 1. The normalized spacial score (nSPS) is 11.6. The first-order chi connectivity index (χ1) is 11.5. The van der Waals surface area contributed by atoms with Crippen molar-refractivity contribution < 1.29 is 9.18 Å². The fraction of sp³-hybridized carbons (Fsp3) is 0.222. The van der Waals surface area contributed by atoms with Crippen LogP contribution in [-0.2, 0) is 0 Å². The monoisotopic (exact) mass is 326 g/mol. The number of carbonyl (C=O) groups excluding carboxylic acids is 1. The average molecular weight is 326 g/mol. The Kier molecular flexibility index (Phi) is 5.88. The number of nitriles is 1. The fourth-order valence-electron chi connectivity index (χ4n) is 2.31. The van der Waals surface area contributed by atoms with Crippen LogP contribution < -0.4 is 10.6 Å². The third-order valence-electron chi connectivity index (χ3n) is 3.58. The van der Waals surface area contributed by atoms with Crippen LogP contribution in [0.15, 0.2) is 48.5 Å². The Labute approximate surface area is 140 Å². The molecule has 0 spiro atoms. The molecule has 2 amide bonds. The van der Waals surface area contributed by atoms with Crippen molar-refractivity contribution >= 4 is 11.7 Å². The number of hydrogen-bond acceptors (Lipinski definition) is 3. The summed E-state index contributed by atoms with van der Waals surface area (Å²) in [5.74, 6) is -0.292. The van der Waals surface area contributed by atoms with Crippen molar-refractivity contribution in [3.8, 4) is 6.07 Å². The number of amides is 2. The minimum Gasteiger partial charge on any atom is -0.336 e. The third kappa shape index (κ3) is 4.80. The summed E-state index contributed by atoms with van der Waals surface area (Å²) in [6.45, 7) is 0.363. The van der Waals surface area contributed by atoms with Gasteiger partial charge in [-0.05, 0) is 50.0 Å². The highest BCUT2D eigenvalue weighted by Gasteiger charge is 2.15. The lowest BCUT2D eigenvalue weighted by atomic mass is 10.1. The predicted octanol–water partition coefficient (Wildman–Crippen LogP) is 3.12. The number of anilines is 1. The highest BCUT2D eigenvalue weighted by atomic mass is 19.1. The van der Waals surface area contributed by atoms with Crippen LogP contribution in [0.2, 0.25) is 0 Å². The van der Waals surface area contributed by atoms with E-state index in [0.717, 1.165) is 5.56 Å². The second kappa shape index (κ2) is 8.09. The zero-order valence-corrected chi connectivity index (χ0v) is 13.6. The Hall–Kier alpha value is -2.91. The van der Waals surface area contributed by atoms with Crippen LogP contribution in [-0.4, -0.2) is 31.6 Å². The first-order valence-corrected chi connectivity index (χ1v) is 7.46. The molecule has 0 aliphatic carbocycles. The van der Waals surface area contributed by atoms with Crippen LogP contribution in [0.3, 0.4) is 0 Å². The standard InChI is InChI=1S/C18H19FN4O/c1-23(2)17(14-6-8-15(19)9-7-14)12-21-18(24)22-16-5-3-4-13(10-16)11-20/h3-10,17H,12H2,1-2H3,(H2,21,22,24). The highest BCUT2D eigenvalue weighted by molar-refractivity contribution is 5.89. The molecule has 0 radical (unpaired) electrons. The molecule has 0 aliphatic rings. The number of benzene rings is 2. The number of urea groups is 1. The summed E-state index contributed by atoms with van der Waals surface area (Å²) in [5, 5.41) is 14.4. The zero-order valence-electron chi connectivity index (χ0n) is 13.6. The summed E-state index contributed by atoms with van der Waals surface area (Å²) in [7, 11) is 3.79. The molecule has 5 nitrogen and oxygen atoms in total. The Morgan fingerprint density at radius 3 is 2.58 bits per heavy atom. The molecule has 1 atom stereocenters. The topological polar surface area (TPSA) is 68.2 Å². The predicted molar refractivity (Wildman–Crippen MR) is 91.0 cm³/mol. The maximum Gasteiger partial charge on any atom is 0.319 e. The quantitative estimate of drug-likeness (QED) is 0.887. The second-order valence-electron chi connectivity index (χ2n) is 5.56. The molecule has 24 heavy (non-hydrogen) atoms. The molecule has 2 aromatic rings. The van der Waals surface area contributed by atoms with Gasteiger partial charge in [0.2, 0.25) is 0 Å². The van der Waals surface area contributed by atoms with Crippen LogP contribution in [0.5, 0.6) is 0 Å². The first-order valence-electron chi connectivity index (χ1n) is 7.46. The summed E-state index contributed by atoms with van der Waals surface area (Å²) >= 11 is 0. The van der Waals surface area contributed by atoms with Crippen molar-refractivity contribution in [1.29, 1.82) is 5.26 Å². The van der Waals surface area contributed by atoms with Crippen LogP contribution in [0, 0.1) is 17.1 Å². The molecule has 6 heteroatoms. The van der Waals surface area contributed by atoms with E-state index in [0.29, 0.717) is 17.8 Å². The largest absolute Gasteiger partial charge is 0.336 e. The molecule has 0 aliphatic heterocycles. The highest BCUT2D eigenvalue weighted by Crippen LogP contribution is 2.18. The lowest BCUT2D eigenvalue weighted by Crippen LogP contribution is -2.36. The SMILES string of the molecule is CN(C)C(CNC(=O)Nc1cccc(C#N)c1)c1ccc(F)cc1. The number of likely N-dealkylation sites (N-methyl/N-ethyl adjacent to an activating group) is 1. The third-order valence-corrected chi connectivity index (χ3v) is 3.58. The second-order valence-corrected chi connectivity index (χ2v) is 5.56. The fourth-order valence-corrected chi connectivity index (χ4v) is 2.31. The maximum atomic E-state index is 13.1. The number of nitrogens with one attached hydrogen (secondary N) is 2. The van der Waals surface area contributed by atoms with E-state index in [1.807, 2.05) is 25.1 Å². The number of rotatable bonds is 5. The van der Waals surface area contributed by atoms with Crippen molar-refractivity contribution in [1.82, 2.24) is 10.2 Å². The molecule has 0 bridgehead atoms. The molecule has 0 saturated heterocycles. The molecule has 2 N–H and O–H groups in total. The van der Waals surface area contributed by atoms with E-state index >= 15 is 0 Å². The van der Waals surface area contributed by atoms with Crippen LogP contribution >= 0.6 is 0 Å². The van der Waals surface area contributed by atoms with Gasteiger partial charge >= 0.3 is 6.03 Å². The van der Waals surface area contributed by atoms with Gasteiger partial charge in [0.05, 0.1) is 17.7 Å². The Morgan fingerprint density at radius 1 is 1.25 bits per heavy atom. The van der Waals surface area contributed by atoms with Gasteiger partial charge in [-0.2, -0.15) is 5.26 Å². The summed E-state index contributed by atoms with van der Waals surface area (Å²) in [6.07, 6.45) is 0. The van der Waals surface area contributed by atoms with Crippen molar-refractivity contribution in [3.63, 3.8) is 0 Å². The lowest BCUT2D eigenvalue weighted by molar-refractivity contribution is 0.243. The summed E-state index contributed by atoms with van der Waals surface area (Å²) in [4.78, 5) is 14.0. The van der Waals surface area contributed by atoms with Gasteiger partial charge in [-0.25, -0.2) is 9.18 Å². The number of carbonyl (C=O) groups is 1. The molecular formula is C18H19FN4O. The maximum absolute atomic E-state index is 13.1. The molecule has 2 aromatic carbocycles. The molecule has 1 unspecified atom stereocenters. The van der Waals surface area contributed by atoms with Gasteiger partial charge in [0, 0.05) is 12.2 Å². The average Bonchev–Trinajstić information content (AvgIpc) is 2.56. The summed E-state index contributed by atoms with van der Waals surface area (Å²) < 4.78 is 13.1. The van der Waals surface area contributed by atoms with E-state index in [2.05, 4.69) is 10.6 Å². The molecular weight excluding hydrogens is 307 g/mol. The van der Waals surface area contributed by atoms with Gasteiger partial charge in [0.25, 0.3) is 0 Å². The van der Waals surface area contributed by atoms with E-state index < -0.39 is 0 Å². The van der Waals surface area contributed by atoms with Gasteiger partial charge in [-0.1, -0.05) is 18.2 Å². The minimum atomic E-state index is -0.362. The molecule has 0 aromatic heterocycles. The minimum absolute atomic E-state index is 0.0817. The first kappa shape index (κ1) is 17.4. The molecule has 0 fully saturated rings. The molecule has 124 valence electrons. The van der Waals surface area contributed by atoms with Crippen LogP contribution in [0.1, 0.15) is 17.2 Å². The Balaban J connectivity index is 1.97. The van der Waals surface area contributed by atoms with Crippen molar-refractivity contribution in [2.75, 3.05) is 26.0 Å². The number of hydrogen-bond donors (Lipinski definition) is 2. The van der Waals surface area contributed by atoms with Crippen LogP contribution in [0.4, 0.5) is 14.9 Å². The van der Waals surface area contributed by atoms with Gasteiger partial charge < -0.3 is 15.5 Å². The van der Waals surface area contributed by atoms with E-state index in [4.69, 9.17) is 5.26 Å². The zero-order chi connectivity index (χ0) is 17.5. The van der Waals surface area contributed by atoms with Gasteiger partial charge in [-0.3, -0.25) is 0 Å². The van der Waals surface area contributed by atoms with Crippen LogP contribution in [0.25, 0.3) is 0 Å². The molecule has 0 saturated carbocycles. The van der Waals surface area contributed by atoms with Crippen molar-refractivity contribution in [2.24, 2.45) is 0 Å². The van der Waals surface area contributed by atoms with E-state index in [1.165, 1.54) is 12.1 Å². The number of nitrogens with zero attached hydrogens (tertiary/aromatic N) is 2. The smallest absolute Gasteiger partial charge is 0.319 e. The molecule has 0 heterocycles.